The number of nitrogens with one attached hydrogen (secondary N) is 1. The van der Waals surface area contributed by atoms with Crippen LogP contribution in [0.4, 0.5) is 14.9 Å². The van der Waals surface area contributed by atoms with E-state index in [1.165, 1.54) is 29.2 Å². The molecule has 8 heteroatoms. The van der Waals surface area contributed by atoms with Gasteiger partial charge < -0.3 is 25.9 Å². The van der Waals surface area contributed by atoms with E-state index < -0.39 is 6.10 Å². The molecule has 0 spiro atoms. The lowest BCUT2D eigenvalue weighted by Crippen LogP contribution is -2.51. The average Bonchev–Trinajstić information content (AvgIpc) is 2.49. The van der Waals surface area contributed by atoms with Gasteiger partial charge in [0.1, 0.15) is 11.9 Å². The first-order chi connectivity index (χ1) is 9.60. The largest absolute Gasteiger partial charge is 0.409 e. The highest BCUT2D eigenvalue weighted by Gasteiger charge is 2.27. The lowest BCUT2D eigenvalue weighted by molar-refractivity contribution is 0.0223. The van der Waals surface area contributed by atoms with E-state index in [9.17, 15) is 9.18 Å². The molecule has 2 amide bonds. The van der Waals surface area contributed by atoms with E-state index in [-0.39, 0.29) is 30.8 Å². The third-order valence-corrected chi connectivity index (χ3v) is 2.89. The SMILES string of the molecule is NC(=NO)C1CN(C(=O)Nc2ccc(F)cc2)CCO1. The van der Waals surface area contributed by atoms with Crippen LogP contribution < -0.4 is 11.1 Å². The number of rotatable bonds is 2. The molecule has 1 fully saturated rings. The van der Waals surface area contributed by atoms with Crippen LogP contribution >= 0.6 is 0 Å². The van der Waals surface area contributed by atoms with Crippen molar-refractivity contribution in [3.63, 3.8) is 0 Å². The maximum absolute atomic E-state index is 12.8. The number of urea groups is 1. The number of nitrogens with two attached hydrogens (primary N) is 1. The second-order valence-electron chi connectivity index (χ2n) is 4.27. The molecule has 1 aliphatic heterocycles. The highest BCUT2D eigenvalue weighted by Crippen LogP contribution is 2.11. The number of nitrogens with zero attached hydrogens (tertiary/aromatic N) is 2. The summed E-state index contributed by atoms with van der Waals surface area (Å²) in [4.78, 5) is 13.5. The number of halogens is 1. The molecule has 0 bridgehead atoms. The second-order valence-corrected chi connectivity index (χ2v) is 4.27. The van der Waals surface area contributed by atoms with Crippen molar-refractivity contribution in [3.05, 3.63) is 30.1 Å². The fraction of sp³-hybridized carbons (Fsp3) is 0.333. The maximum atomic E-state index is 12.8. The fourth-order valence-electron chi connectivity index (χ4n) is 1.81. The number of hydrogen-bond donors (Lipinski definition) is 3. The Labute approximate surface area is 114 Å². The van der Waals surface area contributed by atoms with Crippen molar-refractivity contribution in [2.75, 3.05) is 25.0 Å². The third kappa shape index (κ3) is 3.35. The molecule has 1 aromatic rings. The summed E-state index contributed by atoms with van der Waals surface area (Å²) in [5.41, 5.74) is 5.94. The molecule has 20 heavy (non-hydrogen) atoms. The Morgan fingerprint density at radius 1 is 1.50 bits per heavy atom. The number of oxime groups is 1. The van der Waals surface area contributed by atoms with E-state index >= 15 is 0 Å². The molecular formula is C12H15FN4O3. The van der Waals surface area contributed by atoms with Crippen LogP contribution in [0.1, 0.15) is 0 Å². The summed E-state index contributed by atoms with van der Waals surface area (Å²) in [7, 11) is 0. The molecule has 1 aromatic carbocycles. The normalized spacial score (nSPS) is 19.8. The number of anilines is 1. The van der Waals surface area contributed by atoms with Gasteiger partial charge in [-0.2, -0.15) is 0 Å². The van der Waals surface area contributed by atoms with E-state index in [1.54, 1.807) is 0 Å². The van der Waals surface area contributed by atoms with Crippen LogP contribution in [0.2, 0.25) is 0 Å². The Morgan fingerprint density at radius 2 is 2.20 bits per heavy atom. The summed E-state index contributed by atoms with van der Waals surface area (Å²) in [6, 6.07) is 5.10. The van der Waals surface area contributed by atoms with Crippen molar-refractivity contribution in [2.45, 2.75) is 6.10 Å². The number of ether oxygens (including phenoxy) is 1. The van der Waals surface area contributed by atoms with Crippen molar-refractivity contribution in [3.8, 4) is 0 Å². The number of morpholine rings is 1. The van der Waals surface area contributed by atoms with Gasteiger partial charge in [-0.25, -0.2) is 9.18 Å². The Kier molecular flexibility index (Phi) is 4.36. The Hall–Kier alpha value is -2.35. The summed E-state index contributed by atoms with van der Waals surface area (Å²) in [6.07, 6.45) is -0.632. The van der Waals surface area contributed by atoms with Gasteiger partial charge in [-0.05, 0) is 24.3 Å². The molecule has 0 aliphatic carbocycles. The quantitative estimate of drug-likeness (QED) is 0.323. The third-order valence-electron chi connectivity index (χ3n) is 2.89. The summed E-state index contributed by atoms with van der Waals surface area (Å²) >= 11 is 0. The van der Waals surface area contributed by atoms with Crippen molar-refractivity contribution in [2.24, 2.45) is 10.9 Å². The fourth-order valence-corrected chi connectivity index (χ4v) is 1.81. The number of carbonyl (C=O) groups is 1. The zero-order valence-electron chi connectivity index (χ0n) is 10.6. The van der Waals surface area contributed by atoms with Gasteiger partial charge in [0.05, 0.1) is 13.2 Å². The van der Waals surface area contributed by atoms with Gasteiger partial charge >= 0.3 is 6.03 Å². The van der Waals surface area contributed by atoms with Crippen molar-refractivity contribution in [1.82, 2.24) is 4.90 Å². The van der Waals surface area contributed by atoms with E-state index in [4.69, 9.17) is 15.7 Å². The summed E-state index contributed by atoms with van der Waals surface area (Å²) in [6.45, 7) is 0.864. The molecule has 1 aliphatic rings. The molecule has 108 valence electrons. The zero-order valence-corrected chi connectivity index (χ0v) is 10.6. The van der Waals surface area contributed by atoms with Crippen molar-refractivity contribution < 1.29 is 19.1 Å². The molecular weight excluding hydrogens is 267 g/mol. The van der Waals surface area contributed by atoms with Gasteiger partial charge in [-0.15, -0.1) is 0 Å². The van der Waals surface area contributed by atoms with Gasteiger partial charge in [0.15, 0.2) is 5.84 Å². The molecule has 0 saturated carbocycles. The number of carbonyl (C=O) groups excluding carboxylic acids is 1. The molecule has 1 saturated heterocycles. The molecule has 0 aromatic heterocycles. The zero-order chi connectivity index (χ0) is 14.5. The molecule has 1 heterocycles. The van der Waals surface area contributed by atoms with Crippen LogP contribution in [0, 0.1) is 5.82 Å². The number of amides is 2. The minimum absolute atomic E-state index is 0.0794. The first-order valence-corrected chi connectivity index (χ1v) is 6.00. The molecule has 2 rings (SSSR count). The molecule has 0 radical (unpaired) electrons. The summed E-state index contributed by atoms with van der Waals surface area (Å²) in [5, 5.41) is 14.1. The lowest BCUT2D eigenvalue weighted by Gasteiger charge is -2.32. The van der Waals surface area contributed by atoms with E-state index in [2.05, 4.69) is 10.5 Å². The topological polar surface area (TPSA) is 100 Å². The maximum Gasteiger partial charge on any atom is 0.322 e. The standard InChI is InChI=1S/C12H15FN4O3/c13-8-1-3-9(4-2-8)15-12(18)17-5-6-20-10(7-17)11(14)16-19/h1-4,10,19H,5-7H2,(H2,14,16)(H,15,18). The van der Waals surface area contributed by atoms with Crippen molar-refractivity contribution >= 4 is 17.6 Å². The number of amidine groups is 1. The first kappa shape index (κ1) is 14.1. The smallest absolute Gasteiger partial charge is 0.322 e. The van der Waals surface area contributed by atoms with Gasteiger partial charge in [0.25, 0.3) is 0 Å². The van der Waals surface area contributed by atoms with Crippen LogP contribution in [0.3, 0.4) is 0 Å². The average molecular weight is 282 g/mol. The van der Waals surface area contributed by atoms with Crippen LogP contribution in [-0.4, -0.2) is 47.8 Å². The molecule has 1 unspecified atom stereocenters. The molecule has 1 atom stereocenters. The minimum atomic E-state index is -0.632. The predicted octanol–water partition coefficient (Wildman–Crippen LogP) is 0.805. The molecule has 4 N–H and O–H groups in total. The minimum Gasteiger partial charge on any atom is -0.409 e. The van der Waals surface area contributed by atoms with Gasteiger partial charge in [-0.1, -0.05) is 5.16 Å². The van der Waals surface area contributed by atoms with E-state index in [0.29, 0.717) is 12.2 Å². The number of benzene rings is 1. The van der Waals surface area contributed by atoms with Crippen LogP contribution in [-0.2, 0) is 4.74 Å². The Bertz CT molecular complexity index is 506. The Morgan fingerprint density at radius 3 is 2.85 bits per heavy atom. The van der Waals surface area contributed by atoms with E-state index in [1.807, 2.05) is 0 Å². The second kappa shape index (κ2) is 6.20. The lowest BCUT2D eigenvalue weighted by atomic mass is 10.2. The van der Waals surface area contributed by atoms with Gasteiger partial charge in [0.2, 0.25) is 0 Å². The summed E-state index contributed by atoms with van der Waals surface area (Å²) in [5.74, 6) is -0.453. The predicted molar refractivity (Wildman–Crippen MR) is 70.1 cm³/mol. The first-order valence-electron chi connectivity index (χ1n) is 6.00. The van der Waals surface area contributed by atoms with E-state index in [0.717, 1.165) is 0 Å². The molecule has 7 nitrogen and oxygen atoms in total. The van der Waals surface area contributed by atoms with Gasteiger partial charge in [0, 0.05) is 12.2 Å². The van der Waals surface area contributed by atoms with Crippen LogP contribution in [0.25, 0.3) is 0 Å². The van der Waals surface area contributed by atoms with Crippen molar-refractivity contribution in [1.29, 1.82) is 0 Å². The van der Waals surface area contributed by atoms with Gasteiger partial charge in [-0.3, -0.25) is 0 Å². The summed E-state index contributed by atoms with van der Waals surface area (Å²) < 4.78 is 18.1. The monoisotopic (exact) mass is 282 g/mol. The van der Waals surface area contributed by atoms with Crippen LogP contribution in [0.5, 0.6) is 0 Å². The Balaban J connectivity index is 1.96. The van der Waals surface area contributed by atoms with Crippen LogP contribution in [0.15, 0.2) is 29.4 Å². The highest BCUT2D eigenvalue weighted by atomic mass is 19.1. The number of hydrogen-bond acceptors (Lipinski definition) is 4. The highest BCUT2D eigenvalue weighted by molar-refractivity contribution is 5.90.